The van der Waals surface area contributed by atoms with Crippen molar-refractivity contribution < 1.29 is 14.3 Å². The molecule has 138 valence electrons. The number of ether oxygens (including phenoxy) is 1. The maximum atomic E-state index is 12.2. The third-order valence-electron chi connectivity index (χ3n) is 4.02. The van der Waals surface area contributed by atoms with Gasteiger partial charge in [-0.15, -0.1) is 0 Å². The van der Waals surface area contributed by atoms with Crippen LogP contribution in [-0.2, 0) is 4.79 Å². The molecule has 2 aromatic rings. The third kappa shape index (κ3) is 4.76. The van der Waals surface area contributed by atoms with Crippen LogP contribution in [0.2, 0.25) is 5.02 Å². The number of halogens is 1. The topological polar surface area (TPSA) is 58.6 Å². The minimum Gasteiger partial charge on any atom is -0.497 e. The average Bonchev–Trinajstić information content (AvgIpc) is 2.59. The summed E-state index contributed by atoms with van der Waals surface area (Å²) in [5, 5.41) is 3.35. The SMILES string of the molecule is COc1ccc(C(=O)NCCN(C(C)=O)c2c(C)cc(C)cc2Cl)cc1. The number of methoxy groups -OCH3 is 1. The van der Waals surface area contributed by atoms with Gasteiger partial charge in [0.25, 0.3) is 5.91 Å². The van der Waals surface area contributed by atoms with Gasteiger partial charge in [-0.1, -0.05) is 17.7 Å². The fourth-order valence-corrected chi connectivity index (χ4v) is 3.23. The second kappa shape index (κ2) is 8.72. The summed E-state index contributed by atoms with van der Waals surface area (Å²) >= 11 is 6.35. The standard InChI is InChI=1S/C20H23ClN2O3/c1-13-11-14(2)19(18(21)12-13)23(15(3)24)10-9-22-20(25)16-5-7-17(26-4)8-6-16/h5-8,11-12H,9-10H2,1-4H3,(H,22,25). The minimum atomic E-state index is -0.206. The zero-order chi connectivity index (χ0) is 19.3. The molecular formula is C20H23ClN2O3. The lowest BCUT2D eigenvalue weighted by molar-refractivity contribution is -0.116. The zero-order valence-corrected chi connectivity index (χ0v) is 16.2. The molecule has 6 heteroatoms. The largest absolute Gasteiger partial charge is 0.497 e. The Morgan fingerprint density at radius 1 is 1.15 bits per heavy atom. The molecular weight excluding hydrogens is 352 g/mol. The number of carbonyl (C=O) groups is 2. The van der Waals surface area contributed by atoms with E-state index in [2.05, 4.69) is 5.32 Å². The fourth-order valence-electron chi connectivity index (χ4n) is 2.80. The van der Waals surface area contributed by atoms with Crippen molar-refractivity contribution in [2.24, 2.45) is 0 Å². The third-order valence-corrected chi connectivity index (χ3v) is 4.31. The number of benzene rings is 2. The summed E-state index contributed by atoms with van der Waals surface area (Å²) < 4.78 is 5.08. The Kier molecular flexibility index (Phi) is 6.64. The molecule has 0 aliphatic rings. The summed E-state index contributed by atoms with van der Waals surface area (Å²) in [5.74, 6) is 0.356. The molecule has 0 spiro atoms. The van der Waals surface area contributed by atoms with E-state index in [1.807, 2.05) is 26.0 Å². The van der Waals surface area contributed by atoms with Crippen LogP contribution < -0.4 is 15.0 Å². The smallest absolute Gasteiger partial charge is 0.251 e. The van der Waals surface area contributed by atoms with Gasteiger partial charge in [-0.05, 0) is 55.3 Å². The summed E-state index contributed by atoms with van der Waals surface area (Å²) in [6.07, 6.45) is 0. The number of carbonyl (C=O) groups excluding carboxylic acids is 2. The number of hydrogen-bond donors (Lipinski definition) is 1. The molecule has 0 fully saturated rings. The van der Waals surface area contributed by atoms with Gasteiger partial charge in [0.2, 0.25) is 5.91 Å². The van der Waals surface area contributed by atoms with Crippen molar-refractivity contribution in [3.05, 3.63) is 58.1 Å². The van der Waals surface area contributed by atoms with Crippen molar-refractivity contribution in [1.29, 1.82) is 0 Å². The van der Waals surface area contributed by atoms with Crippen LogP contribution in [0.25, 0.3) is 0 Å². The van der Waals surface area contributed by atoms with Crippen molar-refractivity contribution in [3.8, 4) is 5.75 Å². The number of nitrogens with zero attached hydrogens (tertiary/aromatic N) is 1. The first kappa shape index (κ1) is 19.8. The number of hydrogen-bond acceptors (Lipinski definition) is 3. The van der Waals surface area contributed by atoms with Crippen molar-refractivity contribution in [2.45, 2.75) is 20.8 Å². The van der Waals surface area contributed by atoms with Gasteiger partial charge < -0.3 is 15.0 Å². The van der Waals surface area contributed by atoms with Crippen LogP contribution in [0.1, 0.15) is 28.4 Å². The maximum Gasteiger partial charge on any atom is 0.251 e. The quantitative estimate of drug-likeness (QED) is 0.837. The van der Waals surface area contributed by atoms with Crippen LogP contribution in [-0.4, -0.2) is 32.0 Å². The van der Waals surface area contributed by atoms with Gasteiger partial charge >= 0.3 is 0 Å². The van der Waals surface area contributed by atoms with Crippen LogP contribution >= 0.6 is 11.6 Å². The van der Waals surface area contributed by atoms with Crippen molar-refractivity contribution >= 4 is 29.1 Å². The summed E-state index contributed by atoms with van der Waals surface area (Å²) in [4.78, 5) is 25.9. The van der Waals surface area contributed by atoms with Gasteiger partial charge in [-0.2, -0.15) is 0 Å². The van der Waals surface area contributed by atoms with Gasteiger partial charge in [-0.3, -0.25) is 9.59 Å². The lowest BCUT2D eigenvalue weighted by Crippen LogP contribution is -2.38. The van der Waals surface area contributed by atoms with E-state index in [-0.39, 0.29) is 11.8 Å². The predicted molar refractivity (Wildman–Crippen MR) is 104 cm³/mol. The molecule has 0 saturated carbocycles. The van der Waals surface area contributed by atoms with E-state index in [4.69, 9.17) is 16.3 Å². The fraction of sp³-hybridized carbons (Fsp3) is 0.300. The lowest BCUT2D eigenvalue weighted by atomic mass is 10.1. The Labute approximate surface area is 158 Å². The van der Waals surface area contributed by atoms with Crippen LogP contribution in [0, 0.1) is 13.8 Å². The lowest BCUT2D eigenvalue weighted by Gasteiger charge is -2.25. The first-order valence-corrected chi connectivity index (χ1v) is 8.68. The monoisotopic (exact) mass is 374 g/mol. The Balaban J connectivity index is 2.05. The highest BCUT2D eigenvalue weighted by atomic mass is 35.5. The molecule has 0 saturated heterocycles. The number of nitrogens with one attached hydrogen (secondary N) is 1. The van der Waals surface area contributed by atoms with Gasteiger partial charge in [0, 0.05) is 25.6 Å². The molecule has 0 unspecified atom stereocenters. The summed E-state index contributed by atoms with van der Waals surface area (Å²) in [7, 11) is 1.57. The van der Waals surface area contributed by atoms with E-state index in [1.165, 1.54) is 6.92 Å². The Morgan fingerprint density at radius 3 is 2.35 bits per heavy atom. The van der Waals surface area contributed by atoms with Gasteiger partial charge in [0.1, 0.15) is 5.75 Å². The molecule has 1 N–H and O–H groups in total. The number of aryl methyl sites for hydroxylation is 2. The number of anilines is 1. The summed E-state index contributed by atoms with van der Waals surface area (Å²) in [5.41, 5.74) is 3.17. The molecule has 5 nitrogen and oxygen atoms in total. The second-order valence-electron chi connectivity index (χ2n) is 6.07. The van der Waals surface area contributed by atoms with Crippen LogP contribution in [0.4, 0.5) is 5.69 Å². The van der Waals surface area contributed by atoms with Crippen molar-refractivity contribution in [2.75, 3.05) is 25.1 Å². The number of amides is 2. The van der Waals surface area contributed by atoms with E-state index in [1.54, 1.807) is 36.3 Å². The van der Waals surface area contributed by atoms with Gasteiger partial charge in [-0.25, -0.2) is 0 Å². The molecule has 26 heavy (non-hydrogen) atoms. The Bertz CT molecular complexity index is 780. The van der Waals surface area contributed by atoms with Crippen molar-refractivity contribution in [1.82, 2.24) is 5.32 Å². The van der Waals surface area contributed by atoms with E-state index >= 15 is 0 Å². The Morgan fingerprint density at radius 2 is 1.81 bits per heavy atom. The molecule has 0 aromatic heterocycles. The molecule has 0 bridgehead atoms. The average molecular weight is 375 g/mol. The predicted octanol–water partition coefficient (Wildman–Crippen LogP) is 3.75. The Hall–Kier alpha value is -2.53. The van der Waals surface area contributed by atoms with E-state index in [0.717, 1.165) is 11.1 Å². The van der Waals surface area contributed by atoms with Crippen molar-refractivity contribution in [3.63, 3.8) is 0 Å². The van der Waals surface area contributed by atoms with Gasteiger partial charge in [0.05, 0.1) is 17.8 Å². The van der Waals surface area contributed by atoms with Crippen LogP contribution in [0.15, 0.2) is 36.4 Å². The zero-order valence-electron chi connectivity index (χ0n) is 15.4. The number of rotatable bonds is 6. The van der Waals surface area contributed by atoms with Crippen LogP contribution in [0.5, 0.6) is 5.75 Å². The molecule has 2 aromatic carbocycles. The minimum absolute atomic E-state index is 0.127. The van der Waals surface area contributed by atoms with E-state index in [0.29, 0.717) is 35.1 Å². The molecule has 2 amide bonds. The van der Waals surface area contributed by atoms with Gasteiger partial charge in [0.15, 0.2) is 0 Å². The van der Waals surface area contributed by atoms with Crippen LogP contribution in [0.3, 0.4) is 0 Å². The first-order chi connectivity index (χ1) is 12.3. The molecule has 0 heterocycles. The summed E-state index contributed by atoms with van der Waals surface area (Å²) in [6, 6.07) is 10.6. The maximum absolute atomic E-state index is 12.2. The highest BCUT2D eigenvalue weighted by Crippen LogP contribution is 2.31. The highest BCUT2D eigenvalue weighted by molar-refractivity contribution is 6.34. The summed E-state index contributed by atoms with van der Waals surface area (Å²) in [6.45, 7) is 6.01. The molecule has 0 atom stereocenters. The highest BCUT2D eigenvalue weighted by Gasteiger charge is 2.18. The molecule has 2 rings (SSSR count). The second-order valence-corrected chi connectivity index (χ2v) is 6.47. The first-order valence-electron chi connectivity index (χ1n) is 8.30. The molecule has 0 radical (unpaired) electrons. The molecule has 0 aliphatic carbocycles. The normalized spacial score (nSPS) is 10.3. The van der Waals surface area contributed by atoms with E-state index < -0.39 is 0 Å². The molecule has 0 aliphatic heterocycles. The van der Waals surface area contributed by atoms with E-state index in [9.17, 15) is 9.59 Å².